The molecule has 0 amide bonds. The van der Waals surface area contributed by atoms with Gasteiger partial charge in [-0.1, -0.05) is 30.3 Å². The SMILES string of the molecule is COc1ccc(-c2ccc(=O)n(Cc3cccc(C(=O)[O-])c3)n2)cc1Cn1c(N)nc2ccccc21.[Li+]. The summed E-state index contributed by atoms with van der Waals surface area (Å²) in [4.78, 5) is 28.1. The number of benzene rings is 3. The number of anilines is 1. The van der Waals surface area contributed by atoms with Gasteiger partial charge >= 0.3 is 18.9 Å². The molecule has 0 aliphatic carbocycles. The van der Waals surface area contributed by atoms with Gasteiger partial charge in [-0.2, -0.15) is 5.10 Å². The molecule has 0 bridgehead atoms. The zero-order valence-corrected chi connectivity index (χ0v) is 20.4. The quantitative estimate of drug-likeness (QED) is 0.301. The number of aromatic carboxylic acids is 1. The van der Waals surface area contributed by atoms with Crippen molar-refractivity contribution < 1.29 is 33.5 Å². The van der Waals surface area contributed by atoms with E-state index in [1.54, 1.807) is 25.3 Å². The van der Waals surface area contributed by atoms with Crippen LogP contribution in [0.5, 0.6) is 5.75 Å². The van der Waals surface area contributed by atoms with Gasteiger partial charge in [0.25, 0.3) is 5.56 Å². The number of methoxy groups -OCH3 is 1. The molecule has 37 heavy (non-hydrogen) atoms. The number of fused-ring (bicyclic) bond motifs is 1. The molecule has 5 rings (SSSR count). The van der Waals surface area contributed by atoms with E-state index < -0.39 is 5.97 Å². The largest absolute Gasteiger partial charge is 1.00 e. The smallest absolute Gasteiger partial charge is 0.545 e. The molecule has 2 heterocycles. The topological polar surface area (TPSA) is 128 Å². The van der Waals surface area contributed by atoms with Crippen molar-refractivity contribution in [3.63, 3.8) is 0 Å². The van der Waals surface area contributed by atoms with E-state index in [9.17, 15) is 14.7 Å². The van der Waals surface area contributed by atoms with Crippen LogP contribution in [-0.2, 0) is 13.1 Å². The molecule has 0 radical (unpaired) electrons. The summed E-state index contributed by atoms with van der Waals surface area (Å²) in [6.07, 6.45) is 0. The third kappa shape index (κ3) is 5.28. The maximum absolute atomic E-state index is 12.5. The fourth-order valence-electron chi connectivity index (χ4n) is 4.18. The zero-order valence-electron chi connectivity index (χ0n) is 20.4. The van der Waals surface area contributed by atoms with E-state index in [-0.39, 0.29) is 36.5 Å². The maximum Gasteiger partial charge on any atom is 1.00 e. The number of carbonyl (C=O) groups excluding carboxylic acids is 1. The number of rotatable bonds is 7. The van der Waals surface area contributed by atoms with Gasteiger partial charge in [-0.05, 0) is 53.6 Å². The number of carbonyl (C=O) groups is 1. The van der Waals surface area contributed by atoms with E-state index in [2.05, 4.69) is 10.1 Å². The van der Waals surface area contributed by atoms with E-state index in [0.29, 0.717) is 29.5 Å². The van der Waals surface area contributed by atoms with Crippen LogP contribution in [-0.4, -0.2) is 32.4 Å². The van der Waals surface area contributed by atoms with Gasteiger partial charge in [0.05, 0.1) is 42.9 Å². The van der Waals surface area contributed by atoms with E-state index >= 15 is 0 Å². The number of imidazole rings is 1. The molecule has 0 atom stereocenters. The van der Waals surface area contributed by atoms with Crippen LogP contribution in [0.4, 0.5) is 5.95 Å². The van der Waals surface area contributed by atoms with E-state index in [4.69, 9.17) is 10.5 Å². The average molecular weight is 487 g/mol. The van der Waals surface area contributed by atoms with Gasteiger partial charge in [0.15, 0.2) is 0 Å². The second kappa shape index (κ2) is 10.7. The Labute approximate surface area is 224 Å². The van der Waals surface area contributed by atoms with Crippen LogP contribution in [0.15, 0.2) is 83.7 Å². The average Bonchev–Trinajstić information content (AvgIpc) is 3.20. The van der Waals surface area contributed by atoms with Crippen LogP contribution in [0, 0.1) is 0 Å². The van der Waals surface area contributed by atoms with Gasteiger partial charge in [0.1, 0.15) is 5.75 Å². The van der Waals surface area contributed by atoms with Crippen LogP contribution in [0.1, 0.15) is 21.5 Å². The van der Waals surface area contributed by atoms with Crippen LogP contribution in [0.3, 0.4) is 0 Å². The maximum atomic E-state index is 12.5. The Balaban J connectivity index is 0.00000320. The molecule has 0 fully saturated rings. The van der Waals surface area contributed by atoms with Gasteiger partial charge in [0.2, 0.25) is 5.95 Å². The van der Waals surface area contributed by atoms with Crippen LogP contribution in [0.25, 0.3) is 22.3 Å². The molecule has 10 heteroatoms. The van der Waals surface area contributed by atoms with Crippen molar-refractivity contribution in [2.75, 3.05) is 12.8 Å². The van der Waals surface area contributed by atoms with Crippen molar-refractivity contribution in [2.24, 2.45) is 0 Å². The van der Waals surface area contributed by atoms with E-state index in [1.807, 2.05) is 47.0 Å². The normalized spacial score (nSPS) is 10.7. The standard InChI is InChI=1S/C27H23N5O4.Li/c1-36-24-11-9-18(14-20(24)16-31-23-8-3-2-7-22(23)29-27(31)28)21-10-12-25(33)32(30-21)15-17-5-4-6-19(13-17)26(34)35;/h2-14H,15-16H2,1H3,(H2,28,29)(H,34,35);/q;+1/p-1. The van der Waals surface area contributed by atoms with Gasteiger partial charge < -0.3 is 24.9 Å². The minimum Gasteiger partial charge on any atom is -0.545 e. The summed E-state index contributed by atoms with van der Waals surface area (Å²) in [5, 5.41) is 15.7. The van der Waals surface area contributed by atoms with Crippen LogP contribution in [0.2, 0.25) is 0 Å². The van der Waals surface area contributed by atoms with Crippen molar-refractivity contribution in [2.45, 2.75) is 13.1 Å². The molecular weight excluding hydrogens is 465 g/mol. The second-order valence-electron chi connectivity index (χ2n) is 8.27. The first-order valence-corrected chi connectivity index (χ1v) is 11.2. The van der Waals surface area contributed by atoms with Gasteiger partial charge in [-0.25, -0.2) is 9.67 Å². The molecule has 0 unspecified atom stereocenters. The number of para-hydroxylation sites is 2. The first-order chi connectivity index (χ1) is 17.4. The molecule has 5 aromatic rings. The third-order valence-corrected chi connectivity index (χ3v) is 5.95. The molecule has 0 aliphatic heterocycles. The summed E-state index contributed by atoms with van der Waals surface area (Å²) in [7, 11) is 1.60. The van der Waals surface area contributed by atoms with Crippen LogP contribution < -0.4 is 40.0 Å². The Hall–Kier alpha value is -4.32. The molecule has 0 saturated heterocycles. The van der Waals surface area contributed by atoms with Crippen molar-refractivity contribution in [1.82, 2.24) is 19.3 Å². The molecule has 2 N–H and O–H groups in total. The summed E-state index contributed by atoms with van der Waals surface area (Å²) in [5.74, 6) is -0.194. The Morgan fingerprint density at radius 1 is 1.00 bits per heavy atom. The number of carboxylic acids is 1. The molecule has 2 aromatic heterocycles. The molecule has 0 saturated carbocycles. The number of carboxylic acid groups (broad SMARTS) is 1. The van der Waals surface area contributed by atoms with Crippen LogP contribution >= 0.6 is 0 Å². The minimum atomic E-state index is -1.28. The predicted molar refractivity (Wildman–Crippen MR) is 134 cm³/mol. The first-order valence-electron chi connectivity index (χ1n) is 11.2. The Morgan fingerprint density at radius 2 is 1.81 bits per heavy atom. The zero-order chi connectivity index (χ0) is 25.2. The van der Waals surface area contributed by atoms with E-state index in [0.717, 1.165) is 22.2 Å². The van der Waals surface area contributed by atoms with E-state index in [1.165, 1.54) is 22.9 Å². The number of hydrogen-bond acceptors (Lipinski definition) is 7. The number of ether oxygens (including phenoxy) is 1. The van der Waals surface area contributed by atoms with Gasteiger partial charge in [-0.15, -0.1) is 0 Å². The van der Waals surface area contributed by atoms with Crippen molar-refractivity contribution in [3.8, 4) is 17.0 Å². The van der Waals surface area contributed by atoms with Crippen molar-refractivity contribution >= 4 is 23.0 Å². The third-order valence-electron chi connectivity index (χ3n) is 5.95. The Morgan fingerprint density at radius 3 is 2.59 bits per heavy atom. The van der Waals surface area contributed by atoms with Gasteiger partial charge in [-0.3, -0.25) is 4.79 Å². The summed E-state index contributed by atoms with van der Waals surface area (Å²) in [6.45, 7) is 0.549. The first kappa shape index (κ1) is 25.8. The minimum absolute atomic E-state index is 0. The predicted octanol–water partition coefficient (Wildman–Crippen LogP) is -0.685. The second-order valence-corrected chi connectivity index (χ2v) is 8.27. The summed E-state index contributed by atoms with van der Waals surface area (Å²) in [6, 6.07) is 22.7. The van der Waals surface area contributed by atoms with Crippen molar-refractivity contribution in [1.29, 1.82) is 0 Å². The Bertz CT molecular complexity index is 1660. The number of nitrogens with zero attached hydrogens (tertiary/aromatic N) is 4. The Kier molecular flexibility index (Phi) is 7.48. The molecule has 180 valence electrons. The van der Waals surface area contributed by atoms with Gasteiger partial charge in [0, 0.05) is 17.2 Å². The molecule has 0 aliphatic rings. The van der Waals surface area contributed by atoms with Crippen molar-refractivity contribution in [3.05, 3.63) is 106 Å². The summed E-state index contributed by atoms with van der Waals surface area (Å²) < 4.78 is 8.80. The molecule has 3 aromatic carbocycles. The number of nitrogen functional groups attached to an aromatic ring is 1. The fraction of sp³-hybridized carbons (Fsp3) is 0.111. The summed E-state index contributed by atoms with van der Waals surface area (Å²) in [5.41, 5.74) is 10.5. The number of hydrogen-bond donors (Lipinski definition) is 1. The monoisotopic (exact) mass is 487 g/mol. The molecule has 9 nitrogen and oxygen atoms in total. The fourth-order valence-corrected chi connectivity index (χ4v) is 4.18. The molecular formula is C27H22LiN5O4. The summed E-state index contributed by atoms with van der Waals surface area (Å²) >= 11 is 0. The number of aromatic nitrogens is 4. The number of nitrogens with two attached hydrogens (primary N) is 1. The molecule has 0 spiro atoms.